The number of aromatic nitrogens is 4. The molecule has 1 aromatic carbocycles. The monoisotopic (exact) mass is 440 g/mol. The fourth-order valence-electron chi connectivity index (χ4n) is 3.17. The van der Waals surface area contributed by atoms with E-state index in [0.29, 0.717) is 13.1 Å². The molecule has 2 aromatic heterocycles. The van der Waals surface area contributed by atoms with Gasteiger partial charge in [0.25, 0.3) is 0 Å². The number of hydrogen-bond acceptors (Lipinski definition) is 6. The maximum absolute atomic E-state index is 4.82. The highest BCUT2D eigenvalue weighted by Crippen LogP contribution is 2.12. The standard InChI is InChI=1S/C22H32N8S/c1-17-26-27-21(30(17)5)14-24-22(29(4)15-19-16-31-18(2)25-19)23-12-9-13-28(3)20-10-7-6-8-11-20/h6-8,10-11,16H,9,12-15H2,1-5H3,(H,23,24). The number of aliphatic imine (C=N–C) groups is 1. The highest BCUT2D eigenvalue weighted by atomic mass is 32.1. The number of rotatable bonds is 9. The van der Waals surface area contributed by atoms with E-state index >= 15 is 0 Å². The number of nitrogens with one attached hydrogen (secondary N) is 1. The summed E-state index contributed by atoms with van der Waals surface area (Å²) in [5.41, 5.74) is 2.28. The lowest BCUT2D eigenvalue weighted by atomic mass is 10.3. The summed E-state index contributed by atoms with van der Waals surface area (Å²) in [7, 11) is 6.13. The number of hydrogen-bond donors (Lipinski definition) is 1. The number of nitrogens with zero attached hydrogens (tertiary/aromatic N) is 7. The zero-order chi connectivity index (χ0) is 22.2. The Bertz CT molecular complexity index is 979. The molecule has 0 fully saturated rings. The fraction of sp³-hybridized carbons (Fsp3) is 0.455. The smallest absolute Gasteiger partial charge is 0.194 e. The molecule has 0 saturated carbocycles. The molecule has 0 aliphatic rings. The summed E-state index contributed by atoms with van der Waals surface area (Å²) in [4.78, 5) is 13.8. The Morgan fingerprint density at radius 3 is 2.58 bits per heavy atom. The first-order chi connectivity index (χ1) is 14.9. The minimum absolute atomic E-state index is 0.476. The summed E-state index contributed by atoms with van der Waals surface area (Å²) in [5, 5.41) is 15.1. The van der Waals surface area contributed by atoms with Crippen LogP contribution in [0, 0.1) is 13.8 Å². The van der Waals surface area contributed by atoms with E-state index in [-0.39, 0.29) is 0 Å². The first kappa shape index (κ1) is 22.7. The molecule has 3 rings (SSSR count). The molecule has 0 bridgehead atoms. The van der Waals surface area contributed by atoms with E-state index in [4.69, 9.17) is 4.99 Å². The van der Waals surface area contributed by atoms with Gasteiger partial charge in [0.1, 0.15) is 12.4 Å². The first-order valence-corrected chi connectivity index (χ1v) is 11.3. The highest BCUT2D eigenvalue weighted by Gasteiger charge is 2.11. The second-order valence-corrected chi connectivity index (χ2v) is 8.68. The van der Waals surface area contributed by atoms with Gasteiger partial charge in [0.05, 0.1) is 17.2 Å². The molecule has 0 aliphatic heterocycles. The van der Waals surface area contributed by atoms with E-state index in [0.717, 1.165) is 47.8 Å². The Balaban J connectivity index is 1.60. The summed E-state index contributed by atoms with van der Waals surface area (Å²) in [6.45, 7) is 6.94. The lowest BCUT2D eigenvalue weighted by molar-refractivity contribution is 0.467. The predicted molar refractivity (Wildman–Crippen MR) is 128 cm³/mol. The molecule has 1 N–H and O–H groups in total. The van der Waals surface area contributed by atoms with Crippen LogP contribution in [0.25, 0.3) is 0 Å². The van der Waals surface area contributed by atoms with Crippen LogP contribution in [0.4, 0.5) is 5.69 Å². The summed E-state index contributed by atoms with van der Waals surface area (Å²) < 4.78 is 1.97. The van der Waals surface area contributed by atoms with Gasteiger partial charge < -0.3 is 19.7 Å². The van der Waals surface area contributed by atoms with Gasteiger partial charge in [-0.3, -0.25) is 0 Å². The highest BCUT2D eigenvalue weighted by molar-refractivity contribution is 7.09. The van der Waals surface area contributed by atoms with Crippen LogP contribution in [0.1, 0.15) is 28.8 Å². The van der Waals surface area contributed by atoms with Crippen molar-refractivity contribution >= 4 is 23.0 Å². The van der Waals surface area contributed by atoms with E-state index in [9.17, 15) is 0 Å². The molecule has 8 nitrogen and oxygen atoms in total. The zero-order valence-corrected chi connectivity index (χ0v) is 19.9. The van der Waals surface area contributed by atoms with Crippen LogP contribution in [-0.4, -0.2) is 57.8 Å². The average Bonchev–Trinajstić information content (AvgIpc) is 3.32. The third-order valence-corrected chi connectivity index (χ3v) is 5.95. The van der Waals surface area contributed by atoms with Crippen molar-refractivity contribution in [3.63, 3.8) is 0 Å². The minimum Gasteiger partial charge on any atom is -0.375 e. The fourth-order valence-corrected chi connectivity index (χ4v) is 3.78. The number of guanidine groups is 1. The van der Waals surface area contributed by atoms with Crippen molar-refractivity contribution < 1.29 is 0 Å². The molecule has 0 atom stereocenters. The molecule has 0 saturated heterocycles. The van der Waals surface area contributed by atoms with Gasteiger partial charge in [-0.1, -0.05) is 18.2 Å². The van der Waals surface area contributed by atoms with Crippen molar-refractivity contribution in [2.24, 2.45) is 12.0 Å². The molecular formula is C22H32N8S. The van der Waals surface area contributed by atoms with E-state index in [1.165, 1.54) is 5.69 Å². The molecule has 2 heterocycles. The number of para-hydroxylation sites is 1. The topological polar surface area (TPSA) is 74.5 Å². The first-order valence-electron chi connectivity index (χ1n) is 10.5. The zero-order valence-electron chi connectivity index (χ0n) is 19.0. The molecule has 9 heteroatoms. The third kappa shape index (κ3) is 6.52. The van der Waals surface area contributed by atoms with Crippen molar-refractivity contribution in [1.82, 2.24) is 30.0 Å². The molecule has 3 aromatic rings. The Morgan fingerprint density at radius 2 is 1.94 bits per heavy atom. The van der Waals surface area contributed by atoms with Gasteiger partial charge in [-0.05, 0) is 32.4 Å². The summed E-state index contributed by atoms with van der Waals surface area (Å²) in [5.74, 6) is 2.57. The van der Waals surface area contributed by atoms with Crippen LogP contribution in [0.2, 0.25) is 0 Å². The predicted octanol–water partition coefficient (Wildman–Crippen LogP) is 2.99. The summed E-state index contributed by atoms with van der Waals surface area (Å²) >= 11 is 1.67. The normalized spacial score (nSPS) is 11.6. The van der Waals surface area contributed by atoms with E-state index in [2.05, 4.69) is 67.0 Å². The quantitative estimate of drug-likeness (QED) is 0.313. The van der Waals surface area contributed by atoms with Gasteiger partial charge in [0.2, 0.25) is 0 Å². The van der Waals surface area contributed by atoms with E-state index in [1.807, 2.05) is 38.6 Å². The molecule has 31 heavy (non-hydrogen) atoms. The van der Waals surface area contributed by atoms with Crippen LogP contribution in [-0.2, 0) is 20.1 Å². The molecule has 166 valence electrons. The van der Waals surface area contributed by atoms with Gasteiger partial charge in [0, 0.05) is 45.3 Å². The minimum atomic E-state index is 0.476. The Kier molecular flexibility index (Phi) is 8.00. The lowest BCUT2D eigenvalue weighted by Crippen LogP contribution is -2.40. The second-order valence-electron chi connectivity index (χ2n) is 7.61. The Morgan fingerprint density at radius 1 is 1.16 bits per heavy atom. The van der Waals surface area contributed by atoms with Crippen molar-refractivity contribution in [3.05, 3.63) is 58.1 Å². The van der Waals surface area contributed by atoms with Gasteiger partial charge in [-0.25, -0.2) is 9.98 Å². The number of thiazole rings is 1. The molecule has 0 unspecified atom stereocenters. The summed E-state index contributed by atoms with van der Waals surface area (Å²) in [6, 6.07) is 10.4. The summed E-state index contributed by atoms with van der Waals surface area (Å²) in [6.07, 6.45) is 0.997. The largest absolute Gasteiger partial charge is 0.375 e. The Hall–Kier alpha value is -2.94. The molecule has 0 spiro atoms. The van der Waals surface area contributed by atoms with Crippen molar-refractivity contribution in [2.45, 2.75) is 33.4 Å². The molecule has 0 amide bonds. The van der Waals surface area contributed by atoms with Crippen LogP contribution >= 0.6 is 11.3 Å². The van der Waals surface area contributed by atoms with Crippen LogP contribution < -0.4 is 10.2 Å². The maximum atomic E-state index is 4.82. The molecule has 0 radical (unpaired) electrons. The number of aryl methyl sites for hydroxylation is 2. The lowest BCUT2D eigenvalue weighted by Gasteiger charge is -2.23. The third-order valence-electron chi connectivity index (χ3n) is 5.13. The SMILES string of the molecule is Cc1nc(CN(C)C(=NCc2nnc(C)n2C)NCCCN(C)c2ccccc2)cs1. The van der Waals surface area contributed by atoms with E-state index < -0.39 is 0 Å². The van der Waals surface area contributed by atoms with Crippen LogP contribution in [0.15, 0.2) is 40.7 Å². The van der Waals surface area contributed by atoms with Crippen molar-refractivity contribution in [1.29, 1.82) is 0 Å². The van der Waals surface area contributed by atoms with Crippen molar-refractivity contribution in [2.75, 3.05) is 32.1 Å². The van der Waals surface area contributed by atoms with Gasteiger partial charge in [0.15, 0.2) is 11.8 Å². The Labute approximate surface area is 188 Å². The molecular weight excluding hydrogens is 408 g/mol. The van der Waals surface area contributed by atoms with E-state index in [1.54, 1.807) is 11.3 Å². The number of anilines is 1. The van der Waals surface area contributed by atoms with Crippen LogP contribution in [0.5, 0.6) is 0 Å². The molecule has 0 aliphatic carbocycles. The second kappa shape index (κ2) is 10.9. The van der Waals surface area contributed by atoms with Gasteiger partial charge >= 0.3 is 0 Å². The van der Waals surface area contributed by atoms with Gasteiger partial charge in [-0.2, -0.15) is 0 Å². The maximum Gasteiger partial charge on any atom is 0.194 e. The van der Waals surface area contributed by atoms with Crippen molar-refractivity contribution in [3.8, 4) is 0 Å². The van der Waals surface area contributed by atoms with Gasteiger partial charge in [-0.15, -0.1) is 21.5 Å². The average molecular weight is 441 g/mol. The van der Waals surface area contributed by atoms with Crippen LogP contribution in [0.3, 0.4) is 0 Å². The number of benzene rings is 1.